The number of Topliss-reactive ketones (excluding diaryl/α,β-unsaturated/α-hetero) is 1. The fourth-order valence-electron chi connectivity index (χ4n) is 8.34. The van der Waals surface area contributed by atoms with Crippen molar-refractivity contribution in [1.82, 2.24) is 0 Å². The van der Waals surface area contributed by atoms with E-state index in [0.717, 1.165) is 37.7 Å². The molecule has 0 N–H and O–H groups in total. The summed E-state index contributed by atoms with van der Waals surface area (Å²) in [6.07, 6.45) is 9.48. The van der Waals surface area contributed by atoms with Gasteiger partial charge in [-0.3, -0.25) is 9.59 Å². The van der Waals surface area contributed by atoms with Crippen molar-refractivity contribution >= 4 is 11.6 Å². The van der Waals surface area contributed by atoms with Crippen LogP contribution in [0, 0.1) is 51.2 Å². The molecule has 5 aliphatic rings. The van der Waals surface area contributed by atoms with E-state index in [0.29, 0.717) is 19.3 Å². The highest BCUT2D eigenvalue weighted by Crippen LogP contribution is 2.67. The summed E-state index contributed by atoms with van der Waals surface area (Å²) in [7, 11) is 0. The quantitative estimate of drug-likeness (QED) is 0.487. The molecule has 0 spiro atoms. The van der Waals surface area contributed by atoms with Gasteiger partial charge in [-0.25, -0.2) is 4.39 Å². The van der Waals surface area contributed by atoms with Crippen molar-refractivity contribution in [3.8, 4) is 6.07 Å². The molecule has 0 radical (unpaired) electrons. The molecule has 0 amide bonds. The molecular weight excluding hydrogens is 389 g/mol. The van der Waals surface area contributed by atoms with Crippen LogP contribution in [0.5, 0.6) is 0 Å². The van der Waals surface area contributed by atoms with Gasteiger partial charge in [0.25, 0.3) is 0 Å². The van der Waals surface area contributed by atoms with Crippen LogP contribution in [0.1, 0.15) is 79.1 Å². The first-order valence-electron chi connectivity index (χ1n) is 12.1. The molecule has 5 aliphatic carbocycles. The van der Waals surface area contributed by atoms with Crippen molar-refractivity contribution < 1.29 is 14.0 Å². The maximum absolute atomic E-state index is 16.1. The fraction of sp³-hybridized carbons (Fsp3) is 0.741. The molecule has 0 heterocycles. The molecule has 0 aliphatic heterocycles. The van der Waals surface area contributed by atoms with Crippen LogP contribution in [0.2, 0.25) is 0 Å². The summed E-state index contributed by atoms with van der Waals surface area (Å²) in [5.41, 5.74) is -0.415. The summed E-state index contributed by atoms with van der Waals surface area (Å²) >= 11 is 0. The summed E-state index contributed by atoms with van der Waals surface area (Å²) in [4.78, 5) is 26.1. The van der Waals surface area contributed by atoms with Gasteiger partial charge in [0.1, 0.15) is 11.7 Å². The number of carbonyl (C=O) groups excluding carboxylic acids is 2. The van der Waals surface area contributed by atoms with Crippen molar-refractivity contribution in [3.05, 3.63) is 23.3 Å². The lowest BCUT2D eigenvalue weighted by atomic mass is 9.42. The minimum absolute atomic E-state index is 0.0708. The van der Waals surface area contributed by atoms with Gasteiger partial charge in [0.2, 0.25) is 0 Å². The standard InChI is InChI=1S/C27H34FNO2/c1-24(2)9-10-27(28)8-6-18-23(19(27)14-24)21(31)12-22-25(18,3)7-5-17-11-20(30)16(15-29)13-26(17,22)4/h12-13,17-19,23H,5-11,14H2,1-4H3. The van der Waals surface area contributed by atoms with Gasteiger partial charge >= 0.3 is 0 Å². The van der Waals surface area contributed by atoms with Gasteiger partial charge in [-0.15, -0.1) is 0 Å². The Morgan fingerprint density at radius 2 is 1.77 bits per heavy atom. The van der Waals surface area contributed by atoms with E-state index in [1.54, 1.807) is 0 Å². The number of halogens is 1. The van der Waals surface area contributed by atoms with Crippen LogP contribution in [0.25, 0.3) is 0 Å². The van der Waals surface area contributed by atoms with Gasteiger partial charge in [-0.1, -0.05) is 39.3 Å². The summed E-state index contributed by atoms with van der Waals surface area (Å²) < 4.78 is 16.1. The second-order valence-corrected chi connectivity index (χ2v) is 12.4. The van der Waals surface area contributed by atoms with Crippen molar-refractivity contribution in [2.24, 2.45) is 39.9 Å². The van der Waals surface area contributed by atoms with Crippen LogP contribution in [0.3, 0.4) is 0 Å². The van der Waals surface area contributed by atoms with Crippen LogP contribution in [0.4, 0.5) is 4.39 Å². The van der Waals surface area contributed by atoms with Crippen molar-refractivity contribution in [2.75, 3.05) is 0 Å². The highest BCUT2D eigenvalue weighted by atomic mass is 19.1. The van der Waals surface area contributed by atoms with Gasteiger partial charge in [0.15, 0.2) is 11.6 Å². The third kappa shape index (κ3) is 2.81. The van der Waals surface area contributed by atoms with Gasteiger partial charge < -0.3 is 0 Å². The van der Waals surface area contributed by atoms with Gasteiger partial charge in [-0.05, 0) is 73.7 Å². The normalized spacial score (nSPS) is 48.3. The molecule has 4 heteroatoms. The van der Waals surface area contributed by atoms with Crippen LogP contribution in [-0.2, 0) is 9.59 Å². The number of hydrogen-bond donors (Lipinski definition) is 0. The van der Waals surface area contributed by atoms with Gasteiger partial charge in [0.05, 0.1) is 5.57 Å². The molecular formula is C27H34FNO2. The Labute approximate surface area is 185 Å². The number of nitrogens with zero attached hydrogens (tertiary/aromatic N) is 1. The third-order valence-corrected chi connectivity index (χ3v) is 10.2. The van der Waals surface area contributed by atoms with E-state index in [2.05, 4.69) is 33.8 Å². The number of hydrogen-bond acceptors (Lipinski definition) is 3. The first kappa shape index (κ1) is 21.1. The Balaban J connectivity index is 1.62. The molecule has 0 aromatic carbocycles. The summed E-state index contributed by atoms with van der Waals surface area (Å²) in [5, 5.41) is 9.51. The average Bonchev–Trinajstić information content (AvgIpc) is 2.70. The molecule has 31 heavy (non-hydrogen) atoms. The van der Waals surface area contributed by atoms with Crippen LogP contribution in [0.15, 0.2) is 23.3 Å². The zero-order valence-corrected chi connectivity index (χ0v) is 19.3. The fourth-order valence-corrected chi connectivity index (χ4v) is 8.34. The van der Waals surface area contributed by atoms with Crippen LogP contribution in [-0.4, -0.2) is 17.2 Å². The Hall–Kier alpha value is -1.76. The predicted octanol–water partition coefficient (Wildman–Crippen LogP) is 5.90. The van der Waals surface area contributed by atoms with E-state index in [-0.39, 0.29) is 51.6 Å². The highest BCUT2D eigenvalue weighted by Gasteiger charge is 2.64. The van der Waals surface area contributed by atoms with E-state index in [1.807, 2.05) is 12.2 Å². The minimum Gasteiger partial charge on any atom is -0.295 e. The number of fused-ring (bicyclic) bond motifs is 7. The molecule has 3 fully saturated rings. The van der Waals surface area contributed by atoms with Gasteiger partial charge in [-0.2, -0.15) is 5.26 Å². The van der Waals surface area contributed by atoms with E-state index in [9.17, 15) is 14.9 Å². The maximum atomic E-state index is 16.1. The molecule has 0 bridgehead atoms. The SMILES string of the molecule is CC1(C)CCC2(F)CCC3C(C(=O)C=C4C5(C)C=C(C#N)C(=O)CC5CCC43C)C2C1. The van der Waals surface area contributed by atoms with Crippen molar-refractivity contribution in [2.45, 2.75) is 84.7 Å². The molecule has 0 aromatic rings. The lowest BCUT2D eigenvalue weighted by Gasteiger charge is -2.62. The number of allylic oxidation sites excluding steroid dienone is 4. The van der Waals surface area contributed by atoms with E-state index in [4.69, 9.17) is 0 Å². The monoisotopic (exact) mass is 423 g/mol. The number of carbonyl (C=O) groups is 2. The topological polar surface area (TPSA) is 57.9 Å². The zero-order valence-electron chi connectivity index (χ0n) is 19.3. The first-order valence-corrected chi connectivity index (χ1v) is 12.1. The largest absolute Gasteiger partial charge is 0.295 e. The number of rotatable bonds is 0. The second-order valence-electron chi connectivity index (χ2n) is 12.4. The van der Waals surface area contributed by atoms with E-state index >= 15 is 4.39 Å². The molecule has 3 nitrogen and oxygen atoms in total. The van der Waals surface area contributed by atoms with Crippen molar-refractivity contribution in [1.29, 1.82) is 5.26 Å². The summed E-state index contributed by atoms with van der Waals surface area (Å²) in [6, 6.07) is 2.09. The van der Waals surface area contributed by atoms with E-state index < -0.39 is 11.1 Å². The third-order valence-electron chi connectivity index (χ3n) is 10.2. The second kappa shape index (κ2) is 6.40. The molecule has 166 valence electrons. The first-order chi connectivity index (χ1) is 14.4. The Morgan fingerprint density at radius 3 is 2.48 bits per heavy atom. The molecule has 7 unspecified atom stereocenters. The minimum atomic E-state index is -1.21. The average molecular weight is 424 g/mol. The van der Waals surface area contributed by atoms with Gasteiger partial charge in [0, 0.05) is 23.7 Å². The summed E-state index contributed by atoms with van der Waals surface area (Å²) in [6.45, 7) is 8.82. The highest BCUT2D eigenvalue weighted by molar-refractivity contribution is 6.01. The molecule has 5 rings (SSSR count). The molecule has 0 saturated heterocycles. The lowest BCUT2D eigenvalue weighted by Crippen LogP contribution is -2.59. The van der Waals surface area contributed by atoms with Crippen molar-refractivity contribution in [3.63, 3.8) is 0 Å². The lowest BCUT2D eigenvalue weighted by molar-refractivity contribution is -0.149. The van der Waals surface area contributed by atoms with Crippen LogP contribution >= 0.6 is 0 Å². The number of nitriles is 1. The Bertz CT molecular complexity index is 970. The zero-order chi connectivity index (χ0) is 22.4. The predicted molar refractivity (Wildman–Crippen MR) is 117 cm³/mol. The Morgan fingerprint density at radius 1 is 1.03 bits per heavy atom. The molecule has 0 aromatic heterocycles. The summed E-state index contributed by atoms with van der Waals surface area (Å²) in [5.74, 6) is -0.126. The molecule has 3 saturated carbocycles. The maximum Gasteiger partial charge on any atom is 0.173 e. The Kier molecular flexibility index (Phi) is 4.35. The molecule has 7 atom stereocenters. The smallest absolute Gasteiger partial charge is 0.173 e. The number of alkyl halides is 1. The van der Waals surface area contributed by atoms with Crippen LogP contribution < -0.4 is 0 Å². The number of ketones is 2. The van der Waals surface area contributed by atoms with E-state index in [1.165, 1.54) is 0 Å².